The van der Waals surface area contributed by atoms with Gasteiger partial charge in [-0.2, -0.15) is 0 Å². The minimum atomic E-state index is -0.296. The highest BCUT2D eigenvalue weighted by Gasteiger charge is 2.38. The second kappa shape index (κ2) is 2.98. The van der Waals surface area contributed by atoms with Crippen molar-refractivity contribution in [1.29, 1.82) is 0 Å². The summed E-state index contributed by atoms with van der Waals surface area (Å²) in [5, 5.41) is 9.06. The van der Waals surface area contributed by atoms with Gasteiger partial charge in [-0.3, -0.25) is 4.90 Å². The van der Waals surface area contributed by atoms with E-state index in [0.29, 0.717) is 0 Å². The second-order valence-corrected chi connectivity index (χ2v) is 4.33. The molecule has 2 rings (SSSR count). The van der Waals surface area contributed by atoms with Gasteiger partial charge in [-0.25, -0.2) is 0 Å². The lowest BCUT2D eigenvalue weighted by molar-refractivity contribution is 0.134. The standard InChI is InChI=1S/C9H18N2O/c10-9(7-12)4-5-11(6-9)8-2-1-3-8/h8,12H,1-7,10H2. The van der Waals surface area contributed by atoms with Crippen molar-refractivity contribution in [3.05, 3.63) is 0 Å². The zero-order valence-corrected chi connectivity index (χ0v) is 7.50. The van der Waals surface area contributed by atoms with E-state index in [1.165, 1.54) is 19.3 Å². The molecule has 1 unspecified atom stereocenters. The summed E-state index contributed by atoms with van der Waals surface area (Å²) in [5.41, 5.74) is 5.68. The molecule has 2 fully saturated rings. The third-order valence-corrected chi connectivity index (χ3v) is 3.32. The Morgan fingerprint density at radius 1 is 1.50 bits per heavy atom. The maximum absolute atomic E-state index is 9.06. The van der Waals surface area contributed by atoms with Crippen LogP contribution in [0.25, 0.3) is 0 Å². The first-order valence-electron chi connectivity index (χ1n) is 4.87. The monoisotopic (exact) mass is 170 g/mol. The highest BCUT2D eigenvalue weighted by atomic mass is 16.3. The fourth-order valence-electron chi connectivity index (χ4n) is 2.12. The van der Waals surface area contributed by atoms with Gasteiger partial charge in [-0.1, -0.05) is 6.42 Å². The van der Waals surface area contributed by atoms with Crippen molar-refractivity contribution >= 4 is 0 Å². The topological polar surface area (TPSA) is 49.5 Å². The van der Waals surface area contributed by atoms with Crippen molar-refractivity contribution in [2.45, 2.75) is 37.3 Å². The summed E-state index contributed by atoms with van der Waals surface area (Å²) in [6.07, 6.45) is 5.00. The maximum Gasteiger partial charge on any atom is 0.0624 e. The zero-order valence-electron chi connectivity index (χ0n) is 7.50. The van der Waals surface area contributed by atoms with Crippen LogP contribution in [0.5, 0.6) is 0 Å². The molecule has 3 nitrogen and oxygen atoms in total. The van der Waals surface area contributed by atoms with Crippen LogP contribution < -0.4 is 5.73 Å². The predicted octanol–water partition coefficient (Wildman–Crippen LogP) is -0.0656. The summed E-state index contributed by atoms with van der Waals surface area (Å²) in [5.74, 6) is 0. The number of nitrogens with zero attached hydrogens (tertiary/aromatic N) is 1. The first kappa shape index (κ1) is 8.48. The average Bonchev–Trinajstić information content (AvgIpc) is 2.31. The van der Waals surface area contributed by atoms with Gasteiger partial charge < -0.3 is 10.8 Å². The number of likely N-dealkylation sites (tertiary alicyclic amines) is 1. The van der Waals surface area contributed by atoms with Crippen LogP contribution in [0.15, 0.2) is 0 Å². The Balaban J connectivity index is 1.88. The van der Waals surface area contributed by atoms with Gasteiger partial charge in [0.25, 0.3) is 0 Å². The Bertz CT molecular complexity index is 170. The van der Waals surface area contributed by atoms with Crippen molar-refractivity contribution in [3.8, 4) is 0 Å². The van der Waals surface area contributed by atoms with Crippen LogP contribution in [0.3, 0.4) is 0 Å². The predicted molar refractivity (Wildman–Crippen MR) is 47.8 cm³/mol. The molecule has 12 heavy (non-hydrogen) atoms. The SMILES string of the molecule is NC1(CO)CCN(C2CCC2)C1. The first-order valence-corrected chi connectivity index (χ1v) is 4.87. The maximum atomic E-state index is 9.06. The normalized spacial score (nSPS) is 38.5. The summed E-state index contributed by atoms with van der Waals surface area (Å²) in [6.45, 7) is 2.12. The van der Waals surface area contributed by atoms with E-state index in [1.807, 2.05) is 0 Å². The number of aliphatic hydroxyl groups is 1. The van der Waals surface area contributed by atoms with Crippen molar-refractivity contribution in [2.75, 3.05) is 19.7 Å². The number of rotatable bonds is 2. The molecule has 1 aliphatic carbocycles. The van der Waals surface area contributed by atoms with E-state index in [1.54, 1.807) is 0 Å². The second-order valence-electron chi connectivity index (χ2n) is 4.33. The van der Waals surface area contributed by atoms with E-state index in [-0.39, 0.29) is 12.1 Å². The highest BCUT2D eigenvalue weighted by Crippen LogP contribution is 2.30. The fraction of sp³-hybridized carbons (Fsp3) is 1.00. The Hall–Kier alpha value is -0.120. The largest absolute Gasteiger partial charge is 0.394 e. The summed E-state index contributed by atoms with van der Waals surface area (Å²) < 4.78 is 0. The van der Waals surface area contributed by atoms with Gasteiger partial charge >= 0.3 is 0 Å². The first-order chi connectivity index (χ1) is 5.73. The van der Waals surface area contributed by atoms with E-state index in [4.69, 9.17) is 10.8 Å². The van der Waals surface area contributed by atoms with Crippen LogP contribution in [0, 0.1) is 0 Å². The lowest BCUT2D eigenvalue weighted by atomic mass is 9.91. The van der Waals surface area contributed by atoms with Crippen LogP contribution in [0.4, 0.5) is 0 Å². The molecular formula is C9H18N2O. The van der Waals surface area contributed by atoms with Gasteiger partial charge in [-0.15, -0.1) is 0 Å². The Labute approximate surface area is 73.5 Å². The van der Waals surface area contributed by atoms with E-state index in [0.717, 1.165) is 25.6 Å². The molecule has 1 aliphatic heterocycles. The van der Waals surface area contributed by atoms with Crippen molar-refractivity contribution in [1.82, 2.24) is 4.90 Å². The molecule has 1 saturated carbocycles. The van der Waals surface area contributed by atoms with Gasteiger partial charge in [0.15, 0.2) is 0 Å². The molecule has 0 aromatic rings. The molecule has 0 radical (unpaired) electrons. The average molecular weight is 170 g/mol. The molecule has 1 saturated heterocycles. The van der Waals surface area contributed by atoms with Gasteiger partial charge in [-0.05, 0) is 19.3 Å². The minimum absolute atomic E-state index is 0.135. The van der Waals surface area contributed by atoms with E-state index in [2.05, 4.69) is 4.90 Å². The highest BCUT2D eigenvalue weighted by molar-refractivity contribution is 4.97. The smallest absolute Gasteiger partial charge is 0.0624 e. The minimum Gasteiger partial charge on any atom is -0.394 e. The molecule has 3 N–H and O–H groups in total. The molecule has 2 aliphatic rings. The Morgan fingerprint density at radius 2 is 2.25 bits per heavy atom. The molecule has 0 bridgehead atoms. The van der Waals surface area contributed by atoms with Gasteiger partial charge in [0.1, 0.15) is 0 Å². The van der Waals surface area contributed by atoms with Gasteiger partial charge in [0.2, 0.25) is 0 Å². The van der Waals surface area contributed by atoms with Crippen molar-refractivity contribution in [3.63, 3.8) is 0 Å². The van der Waals surface area contributed by atoms with E-state index in [9.17, 15) is 0 Å². The van der Waals surface area contributed by atoms with Crippen molar-refractivity contribution in [2.24, 2.45) is 5.73 Å². The molecule has 3 heteroatoms. The number of nitrogens with two attached hydrogens (primary N) is 1. The van der Waals surface area contributed by atoms with Crippen molar-refractivity contribution < 1.29 is 5.11 Å². The van der Waals surface area contributed by atoms with Gasteiger partial charge in [0, 0.05) is 19.1 Å². The van der Waals surface area contributed by atoms with Crippen LogP contribution in [-0.4, -0.2) is 41.3 Å². The molecule has 1 atom stereocenters. The number of hydrogen-bond donors (Lipinski definition) is 2. The van der Waals surface area contributed by atoms with E-state index < -0.39 is 0 Å². The number of aliphatic hydroxyl groups excluding tert-OH is 1. The lowest BCUT2D eigenvalue weighted by Crippen LogP contribution is -2.48. The third-order valence-electron chi connectivity index (χ3n) is 3.32. The fourth-order valence-corrected chi connectivity index (χ4v) is 2.12. The zero-order chi connectivity index (χ0) is 8.60. The number of hydrogen-bond acceptors (Lipinski definition) is 3. The third kappa shape index (κ3) is 1.37. The quantitative estimate of drug-likeness (QED) is 0.610. The Kier molecular flexibility index (Phi) is 2.10. The summed E-state index contributed by atoms with van der Waals surface area (Å²) in [4.78, 5) is 2.44. The molecule has 1 heterocycles. The van der Waals surface area contributed by atoms with E-state index >= 15 is 0 Å². The molecule has 0 amide bonds. The molecule has 0 aromatic heterocycles. The summed E-state index contributed by atoms with van der Waals surface area (Å²) in [6, 6.07) is 0.780. The lowest BCUT2D eigenvalue weighted by Gasteiger charge is -2.35. The van der Waals surface area contributed by atoms with Gasteiger partial charge in [0.05, 0.1) is 12.1 Å². The molecular weight excluding hydrogens is 152 g/mol. The van der Waals surface area contributed by atoms with Crippen LogP contribution in [-0.2, 0) is 0 Å². The summed E-state index contributed by atoms with van der Waals surface area (Å²) in [7, 11) is 0. The van der Waals surface area contributed by atoms with Crippen LogP contribution >= 0.6 is 0 Å². The molecule has 70 valence electrons. The molecule has 0 spiro atoms. The van der Waals surface area contributed by atoms with Crippen LogP contribution in [0.1, 0.15) is 25.7 Å². The van der Waals surface area contributed by atoms with Crippen LogP contribution in [0.2, 0.25) is 0 Å². The molecule has 0 aromatic carbocycles. The summed E-state index contributed by atoms with van der Waals surface area (Å²) >= 11 is 0. The Morgan fingerprint density at radius 3 is 2.67 bits per heavy atom.